The summed E-state index contributed by atoms with van der Waals surface area (Å²) >= 11 is 4.28. The molecule has 0 bridgehead atoms. The summed E-state index contributed by atoms with van der Waals surface area (Å²) in [5.74, 6) is -0.806. The number of fused-ring (bicyclic) bond motifs is 2. The van der Waals surface area contributed by atoms with Crippen molar-refractivity contribution in [2.75, 3.05) is 19.4 Å². The van der Waals surface area contributed by atoms with E-state index in [0.29, 0.717) is 25.8 Å². The standard InChI is InChI=1S/C31H45N5O5S/c1-4-20(2)27-31(40)35-16-10-9-15-26(35)30(39)32-23(13-6-5-11-17-42)28(37)33-24(29(38)34-27)18-21-19-36(41-3)25-14-8-7-12-22(21)25/h7-8,12,14,19-20,23-24,26-27,42H,4-6,9-11,13,15-18H2,1-3H3,(H,32,39)(H,33,37)(H,34,38)/t20?,23-,24-,26+,27-/m0/s1. The van der Waals surface area contributed by atoms with Gasteiger partial charge >= 0.3 is 0 Å². The summed E-state index contributed by atoms with van der Waals surface area (Å²) in [6, 6.07) is 4.41. The molecule has 0 radical (unpaired) electrons. The van der Waals surface area contributed by atoms with Crippen LogP contribution in [-0.4, -0.2) is 76.8 Å². The van der Waals surface area contributed by atoms with Crippen molar-refractivity contribution in [3.8, 4) is 0 Å². The van der Waals surface area contributed by atoms with Gasteiger partial charge in [0.1, 0.15) is 31.3 Å². The first kappa shape index (κ1) is 31.7. The number of piperidine rings is 1. The Kier molecular flexibility index (Phi) is 11.2. The molecule has 1 aromatic heterocycles. The molecule has 2 aliphatic rings. The second-order valence-electron chi connectivity index (χ2n) is 11.5. The van der Waals surface area contributed by atoms with E-state index in [1.807, 2.05) is 44.3 Å². The Morgan fingerprint density at radius 2 is 1.71 bits per heavy atom. The quantitative estimate of drug-likeness (QED) is 0.247. The number of rotatable bonds is 10. The van der Waals surface area contributed by atoms with Gasteiger partial charge < -0.3 is 25.7 Å². The molecular formula is C31H45N5O5S. The molecule has 11 heteroatoms. The first-order valence-electron chi connectivity index (χ1n) is 15.2. The van der Waals surface area contributed by atoms with E-state index in [1.54, 1.807) is 16.7 Å². The van der Waals surface area contributed by atoms with Crippen LogP contribution < -0.4 is 20.8 Å². The molecule has 2 fully saturated rings. The van der Waals surface area contributed by atoms with Crippen LogP contribution in [0.2, 0.25) is 0 Å². The fourth-order valence-electron chi connectivity index (χ4n) is 5.99. The summed E-state index contributed by atoms with van der Waals surface area (Å²) in [5, 5.41) is 9.80. The van der Waals surface area contributed by atoms with Gasteiger partial charge in [0.25, 0.3) is 0 Å². The van der Waals surface area contributed by atoms with E-state index >= 15 is 0 Å². The summed E-state index contributed by atoms with van der Waals surface area (Å²) in [5.41, 5.74) is 1.66. The fraction of sp³-hybridized carbons (Fsp3) is 0.613. The smallest absolute Gasteiger partial charge is 0.246 e. The van der Waals surface area contributed by atoms with Crippen LogP contribution in [-0.2, 0) is 25.6 Å². The van der Waals surface area contributed by atoms with E-state index in [0.717, 1.165) is 54.3 Å². The number of aromatic nitrogens is 1. The number of unbranched alkanes of at least 4 members (excludes halogenated alkanes) is 2. The predicted molar refractivity (Wildman–Crippen MR) is 165 cm³/mol. The number of hydrogen-bond acceptors (Lipinski definition) is 6. The first-order chi connectivity index (χ1) is 20.3. The zero-order chi connectivity index (χ0) is 30.2. The largest absolute Gasteiger partial charge is 0.417 e. The molecule has 0 saturated carbocycles. The van der Waals surface area contributed by atoms with Crippen molar-refractivity contribution in [3.63, 3.8) is 0 Å². The highest BCUT2D eigenvalue weighted by Gasteiger charge is 2.40. The van der Waals surface area contributed by atoms with Crippen LogP contribution in [0.25, 0.3) is 10.9 Å². The van der Waals surface area contributed by atoms with Gasteiger partial charge in [0.05, 0.1) is 5.52 Å². The molecular weight excluding hydrogens is 554 g/mol. The molecule has 4 amide bonds. The third-order valence-corrected chi connectivity index (χ3v) is 8.98. The third kappa shape index (κ3) is 7.22. The maximum absolute atomic E-state index is 14.0. The third-order valence-electron chi connectivity index (χ3n) is 8.66. The maximum Gasteiger partial charge on any atom is 0.246 e. The molecule has 2 saturated heterocycles. The average Bonchev–Trinajstić information content (AvgIpc) is 3.36. The minimum absolute atomic E-state index is 0.165. The van der Waals surface area contributed by atoms with Crippen LogP contribution in [0.4, 0.5) is 0 Å². The van der Waals surface area contributed by atoms with E-state index < -0.39 is 36.0 Å². The number of carbonyl (C=O) groups excluding carboxylic acids is 4. The molecule has 1 aromatic carbocycles. The number of carbonyl (C=O) groups is 4. The summed E-state index contributed by atoms with van der Waals surface area (Å²) in [6.45, 7) is 4.34. The minimum atomic E-state index is -0.971. The summed E-state index contributed by atoms with van der Waals surface area (Å²) in [6.07, 6.45) is 7.71. The second-order valence-corrected chi connectivity index (χ2v) is 11.9. The van der Waals surface area contributed by atoms with Crippen molar-refractivity contribution in [2.24, 2.45) is 5.92 Å². The lowest BCUT2D eigenvalue weighted by atomic mass is 9.93. The lowest BCUT2D eigenvalue weighted by Crippen LogP contribution is -2.64. The highest BCUT2D eigenvalue weighted by molar-refractivity contribution is 7.80. The van der Waals surface area contributed by atoms with Crippen molar-refractivity contribution < 1.29 is 24.0 Å². The van der Waals surface area contributed by atoms with Crippen LogP contribution >= 0.6 is 12.6 Å². The number of nitrogens with zero attached hydrogens (tertiary/aromatic N) is 2. The predicted octanol–water partition coefficient (Wildman–Crippen LogP) is 2.63. The van der Waals surface area contributed by atoms with Gasteiger partial charge in [-0.1, -0.05) is 51.3 Å². The average molecular weight is 600 g/mol. The van der Waals surface area contributed by atoms with Gasteiger partial charge in [-0.15, -0.1) is 0 Å². The zero-order valence-electron chi connectivity index (χ0n) is 24.9. The molecule has 0 aliphatic carbocycles. The Hall–Kier alpha value is -3.21. The lowest BCUT2D eigenvalue weighted by Gasteiger charge is -2.39. The van der Waals surface area contributed by atoms with Gasteiger partial charge in [-0.25, -0.2) is 0 Å². The summed E-state index contributed by atoms with van der Waals surface area (Å²) < 4.78 is 1.63. The van der Waals surface area contributed by atoms with Crippen molar-refractivity contribution in [1.82, 2.24) is 25.6 Å². The molecule has 2 aliphatic heterocycles. The number of thiol groups is 1. The van der Waals surface area contributed by atoms with Gasteiger partial charge in [-0.3, -0.25) is 19.2 Å². The Morgan fingerprint density at radius 3 is 2.45 bits per heavy atom. The second kappa shape index (κ2) is 14.8. The molecule has 0 spiro atoms. The Bertz CT molecular complexity index is 1270. The molecule has 10 nitrogen and oxygen atoms in total. The molecule has 42 heavy (non-hydrogen) atoms. The van der Waals surface area contributed by atoms with E-state index in [4.69, 9.17) is 4.84 Å². The van der Waals surface area contributed by atoms with Crippen molar-refractivity contribution in [2.45, 2.75) is 95.8 Å². The van der Waals surface area contributed by atoms with Gasteiger partial charge in [-0.05, 0) is 55.4 Å². The van der Waals surface area contributed by atoms with Crippen LogP contribution in [0.1, 0.15) is 70.8 Å². The summed E-state index contributed by atoms with van der Waals surface area (Å²) in [7, 11) is 1.57. The number of nitrogens with one attached hydrogen (secondary N) is 3. The first-order valence-corrected chi connectivity index (χ1v) is 15.9. The van der Waals surface area contributed by atoms with Crippen LogP contribution in [0.3, 0.4) is 0 Å². The minimum Gasteiger partial charge on any atom is -0.417 e. The van der Waals surface area contributed by atoms with Gasteiger partial charge in [-0.2, -0.15) is 17.4 Å². The molecule has 2 aromatic rings. The highest BCUT2D eigenvalue weighted by Crippen LogP contribution is 2.24. The van der Waals surface area contributed by atoms with Crippen LogP contribution in [0, 0.1) is 5.92 Å². The van der Waals surface area contributed by atoms with Gasteiger partial charge in [0.15, 0.2) is 0 Å². The normalized spacial score (nSPS) is 24.6. The Balaban J connectivity index is 1.71. The zero-order valence-corrected chi connectivity index (χ0v) is 25.8. The number of para-hydroxylation sites is 1. The van der Waals surface area contributed by atoms with Crippen molar-refractivity contribution in [3.05, 3.63) is 36.0 Å². The van der Waals surface area contributed by atoms with Gasteiger partial charge in [0.2, 0.25) is 23.6 Å². The fourth-order valence-corrected chi connectivity index (χ4v) is 6.21. The van der Waals surface area contributed by atoms with Gasteiger partial charge in [0, 0.05) is 24.5 Å². The van der Waals surface area contributed by atoms with E-state index in [2.05, 4.69) is 28.6 Å². The Labute approximate surface area is 253 Å². The molecule has 1 unspecified atom stereocenters. The lowest BCUT2D eigenvalue weighted by molar-refractivity contribution is -0.147. The van der Waals surface area contributed by atoms with Crippen molar-refractivity contribution >= 4 is 47.2 Å². The van der Waals surface area contributed by atoms with E-state index in [1.165, 1.54) is 0 Å². The van der Waals surface area contributed by atoms with E-state index in [9.17, 15) is 19.2 Å². The molecule has 3 N–H and O–H groups in total. The van der Waals surface area contributed by atoms with Crippen LogP contribution in [0.15, 0.2) is 30.5 Å². The van der Waals surface area contributed by atoms with Crippen LogP contribution in [0.5, 0.6) is 0 Å². The Morgan fingerprint density at radius 1 is 0.976 bits per heavy atom. The monoisotopic (exact) mass is 599 g/mol. The summed E-state index contributed by atoms with van der Waals surface area (Å²) in [4.78, 5) is 62.5. The maximum atomic E-state index is 14.0. The highest BCUT2D eigenvalue weighted by atomic mass is 32.1. The number of benzene rings is 1. The SMILES string of the molecule is CCC(C)[C@@H]1NC(=O)[C@H](Cc2cn(OC)c3ccccc23)NC(=O)[C@H](CCCCCS)NC(=O)[C@H]2CCCCN2C1=O. The number of amides is 4. The molecule has 4 rings (SSSR count). The topological polar surface area (TPSA) is 122 Å². The van der Waals surface area contributed by atoms with E-state index in [-0.39, 0.29) is 24.2 Å². The molecule has 230 valence electrons. The number of hydrogen-bond donors (Lipinski definition) is 4. The van der Waals surface area contributed by atoms with Crippen molar-refractivity contribution in [1.29, 1.82) is 0 Å². The molecule has 3 heterocycles. The molecule has 5 atom stereocenters.